The average Bonchev–Trinajstić information content (AvgIpc) is 2.29. The Morgan fingerprint density at radius 1 is 1.41 bits per heavy atom. The van der Waals surface area contributed by atoms with Gasteiger partial charge in [-0.1, -0.05) is 12.1 Å². The smallest absolute Gasteiger partial charge is 0.319 e. The van der Waals surface area contributed by atoms with Crippen LogP contribution < -0.4 is 10.6 Å². The maximum absolute atomic E-state index is 11.5. The Bertz CT molecular complexity index is 423. The number of hydrogen-bond donors (Lipinski definition) is 2. The molecule has 1 aromatic rings. The van der Waals surface area contributed by atoms with E-state index >= 15 is 0 Å². The number of amides is 2. The van der Waals surface area contributed by atoms with E-state index in [9.17, 15) is 4.79 Å². The van der Waals surface area contributed by atoms with Gasteiger partial charge in [-0.25, -0.2) is 4.79 Å². The van der Waals surface area contributed by atoms with E-state index in [2.05, 4.69) is 10.6 Å². The zero-order valence-corrected chi connectivity index (χ0v) is 10.0. The highest BCUT2D eigenvalue weighted by Crippen LogP contribution is 2.12. The summed E-state index contributed by atoms with van der Waals surface area (Å²) in [6.45, 7) is 1.33. The predicted molar refractivity (Wildman–Crippen MR) is 66.7 cm³/mol. The van der Waals surface area contributed by atoms with Gasteiger partial charge in [0, 0.05) is 13.1 Å². The summed E-state index contributed by atoms with van der Waals surface area (Å²) in [6, 6.07) is 8.62. The van der Waals surface area contributed by atoms with Crippen molar-refractivity contribution in [3.8, 4) is 6.07 Å². The van der Waals surface area contributed by atoms with Gasteiger partial charge in [0.15, 0.2) is 0 Å². The van der Waals surface area contributed by atoms with E-state index in [4.69, 9.17) is 5.26 Å². The van der Waals surface area contributed by atoms with Crippen LogP contribution in [0.25, 0.3) is 0 Å². The molecular weight excluding hydrogens is 216 g/mol. The van der Waals surface area contributed by atoms with E-state index in [1.54, 1.807) is 24.3 Å². The first-order chi connectivity index (χ1) is 8.13. The van der Waals surface area contributed by atoms with Crippen LogP contribution in [0.2, 0.25) is 0 Å². The zero-order valence-electron chi connectivity index (χ0n) is 10.0. The highest BCUT2D eigenvalue weighted by molar-refractivity contribution is 5.90. The number of likely N-dealkylation sites (N-methyl/N-ethyl adjacent to an activating group) is 1. The van der Waals surface area contributed by atoms with Crippen LogP contribution in [0.15, 0.2) is 24.3 Å². The molecule has 0 heterocycles. The van der Waals surface area contributed by atoms with Crippen LogP contribution in [0.4, 0.5) is 10.5 Å². The minimum atomic E-state index is -0.297. The number of carbonyl (C=O) groups excluding carboxylic acids is 1. The molecule has 5 heteroatoms. The van der Waals surface area contributed by atoms with Crippen molar-refractivity contribution >= 4 is 11.7 Å². The topological polar surface area (TPSA) is 68.2 Å². The van der Waals surface area contributed by atoms with Crippen LogP contribution in [-0.4, -0.2) is 38.1 Å². The van der Waals surface area contributed by atoms with E-state index < -0.39 is 0 Å². The third kappa shape index (κ3) is 4.53. The number of carbonyl (C=O) groups is 1. The Morgan fingerprint density at radius 2 is 2.12 bits per heavy atom. The molecule has 0 aliphatic carbocycles. The Labute approximate surface area is 101 Å². The monoisotopic (exact) mass is 232 g/mol. The molecule has 0 unspecified atom stereocenters. The molecule has 0 saturated heterocycles. The summed E-state index contributed by atoms with van der Waals surface area (Å²) >= 11 is 0. The zero-order chi connectivity index (χ0) is 12.7. The van der Waals surface area contributed by atoms with Crippen LogP contribution >= 0.6 is 0 Å². The standard InChI is InChI=1S/C12H16N4O/c1-16(2)8-7-14-12(17)15-11-6-4-3-5-10(11)9-13/h3-6H,7-8H2,1-2H3,(H2,14,15,17). The summed E-state index contributed by atoms with van der Waals surface area (Å²) in [5.74, 6) is 0. The minimum Gasteiger partial charge on any atom is -0.337 e. The van der Waals surface area contributed by atoms with E-state index in [0.29, 0.717) is 17.8 Å². The van der Waals surface area contributed by atoms with Crippen LogP contribution in [-0.2, 0) is 0 Å². The van der Waals surface area contributed by atoms with Crippen molar-refractivity contribution in [3.63, 3.8) is 0 Å². The maximum Gasteiger partial charge on any atom is 0.319 e. The molecule has 0 aliphatic heterocycles. The van der Waals surface area contributed by atoms with Gasteiger partial charge in [0.2, 0.25) is 0 Å². The number of benzene rings is 1. The molecule has 0 fully saturated rings. The Morgan fingerprint density at radius 3 is 2.76 bits per heavy atom. The first-order valence-corrected chi connectivity index (χ1v) is 5.32. The summed E-state index contributed by atoms with van der Waals surface area (Å²) < 4.78 is 0. The fourth-order valence-electron chi connectivity index (χ4n) is 1.25. The van der Waals surface area contributed by atoms with Crippen molar-refractivity contribution in [2.24, 2.45) is 0 Å². The Balaban J connectivity index is 2.48. The molecule has 0 saturated carbocycles. The lowest BCUT2D eigenvalue weighted by Crippen LogP contribution is -2.34. The van der Waals surface area contributed by atoms with Crippen molar-refractivity contribution in [1.82, 2.24) is 10.2 Å². The molecule has 2 N–H and O–H groups in total. The van der Waals surface area contributed by atoms with Gasteiger partial charge in [-0.05, 0) is 26.2 Å². The molecule has 0 bridgehead atoms. The molecule has 1 rings (SSSR count). The fraction of sp³-hybridized carbons (Fsp3) is 0.333. The van der Waals surface area contributed by atoms with E-state index in [0.717, 1.165) is 6.54 Å². The summed E-state index contributed by atoms with van der Waals surface area (Å²) in [5, 5.41) is 14.2. The van der Waals surface area contributed by atoms with E-state index in [1.807, 2.05) is 25.1 Å². The average molecular weight is 232 g/mol. The molecule has 0 atom stereocenters. The van der Waals surface area contributed by atoms with Crippen LogP contribution in [0.3, 0.4) is 0 Å². The third-order valence-corrected chi connectivity index (χ3v) is 2.14. The number of rotatable bonds is 4. The van der Waals surface area contributed by atoms with Gasteiger partial charge in [0.1, 0.15) is 6.07 Å². The van der Waals surface area contributed by atoms with Crippen LogP contribution in [0.1, 0.15) is 5.56 Å². The molecule has 2 amide bonds. The second-order valence-corrected chi connectivity index (χ2v) is 3.84. The van der Waals surface area contributed by atoms with Crippen molar-refractivity contribution in [2.45, 2.75) is 0 Å². The van der Waals surface area contributed by atoms with Crippen LogP contribution in [0.5, 0.6) is 0 Å². The SMILES string of the molecule is CN(C)CCNC(=O)Nc1ccccc1C#N. The van der Waals surface area contributed by atoms with Gasteiger partial charge in [0.25, 0.3) is 0 Å². The first-order valence-electron chi connectivity index (χ1n) is 5.32. The number of nitrogens with one attached hydrogen (secondary N) is 2. The summed E-state index contributed by atoms with van der Waals surface area (Å²) in [4.78, 5) is 13.5. The van der Waals surface area contributed by atoms with Gasteiger partial charge in [0.05, 0.1) is 11.3 Å². The molecular formula is C12H16N4O. The molecule has 17 heavy (non-hydrogen) atoms. The highest BCUT2D eigenvalue weighted by Gasteiger charge is 2.04. The molecule has 0 radical (unpaired) electrons. The molecule has 0 aliphatic rings. The Hall–Kier alpha value is -2.06. The van der Waals surface area contributed by atoms with Gasteiger partial charge in [-0.15, -0.1) is 0 Å². The van der Waals surface area contributed by atoms with Crippen molar-refractivity contribution in [1.29, 1.82) is 5.26 Å². The summed E-state index contributed by atoms with van der Waals surface area (Å²) in [7, 11) is 3.87. The Kier molecular flexibility index (Phi) is 4.98. The number of hydrogen-bond acceptors (Lipinski definition) is 3. The quantitative estimate of drug-likeness (QED) is 0.820. The minimum absolute atomic E-state index is 0.297. The predicted octanol–water partition coefficient (Wildman–Crippen LogP) is 1.24. The summed E-state index contributed by atoms with van der Waals surface area (Å²) in [5.41, 5.74) is 0.979. The largest absolute Gasteiger partial charge is 0.337 e. The second kappa shape index (κ2) is 6.51. The lowest BCUT2D eigenvalue weighted by atomic mass is 10.2. The fourth-order valence-corrected chi connectivity index (χ4v) is 1.25. The number of anilines is 1. The highest BCUT2D eigenvalue weighted by atomic mass is 16.2. The number of nitrogens with zero attached hydrogens (tertiary/aromatic N) is 2. The molecule has 1 aromatic carbocycles. The van der Waals surface area contributed by atoms with Gasteiger partial charge >= 0.3 is 6.03 Å². The normalized spacial score (nSPS) is 9.76. The van der Waals surface area contributed by atoms with Crippen molar-refractivity contribution in [2.75, 3.05) is 32.5 Å². The van der Waals surface area contributed by atoms with Crippen molar-refractivity contribution in [3.05, 3.63) is 29.8 Å². The number of nitriles is 1. The third-order valence-electron chi connectivity index (χ3n) is 2.14. The van der Waals surface area contributed by atoms with Crippen LogP contribution in [0, 0.1) is 11.3 Å². The van der Waals surface area contributed by atoms with E-state index in [1.165, 1.54) is 0 Å². The summed E-state index contributed by atoms with van der Waals surface area (Å²) in [6.07, 6.45) is 0. The molecule has 0 spiro atoms. The number of urea groups is 1. The van der Waals surface area contributed by atoms with Crippen molar-refractivity contribution < 1.29 is 4.79 Å². The second-order valence-electron chi connectivity index (χ2n) is 3.84. The number of para-hydroxylation sites is 1. The lowest BCUT2D eigenvalue weighted by Gasteiger charge is -2.11. The van der Waals surface area contributed by atoms with Gasteiger partial charge < -0.3 is 15.5 Å². The first kappa shape index (κ1) is 13.0. The van der Waals surface area contributed by atoms with Gasteiger partial charge in [-0.3, -0.25) is 0 Å². The maximum atomic E-state index is 11.5. The van der Waals surface area contributed by atoms with E-state index in [-0.39, 0.29) is 6.03 Å². The lowest BCUT2D eigenvalue weighted by molar-refractivity contribution is 0.250. The molecule has 5 nitrogen and oxygen atoms in total. The molecule has 90 valence electrons. The molecule has 0 aromatic heterocycles. The van der Waals surface area contributed by atoms with Gasteiger partial charge in [-0.2, -0.15) is 5.26 Å².